The second-order valence-electron chi connectivity index (χ2n) is 7.99. The van der Waals surface area contributed by atoms with Crippen LogP contribution in [0.4, 0.5) is 13.2 Å². The van der Waals surface area contributed by atoms with E-state index in [4.69, 9.17) is 19.2 Å². The summed E-state index contributed by atoms with van der Waals surface area (Å²) in [6, 6.07) is 9.61. The molecule has 184 valence electrons. The van der Waals surface area contributed by atoms with Gasteiger partial charge in [-0.1, -0.05) is 18.1 Å². The van der Waals surface area contributed by atoms with E-state index in [9.17, 15) is 18.0 Å². The Bertz CT molecular complexity index is 1440. The highest BCUT2D eigenvalue weighted by molar-refractivity contribution is 5.92. The van der Waals surface area contributed by atoms with Crippen molar-refractivity contribution in [3.05, 3.63) is 64.2 Å². The number of alkyl halides is 3. The molecule has 3 aromatic heterocycles. The van der Waals surface area contributed by atoms with Crippen LogP contribution in [-0.2, 0) is 10.3 Å². The Morgan fingerprint density at radius 3 is 2.51 bits per heavy atom. The fraction of sp³-hybridized carbons (Fsp3) is 0.304. The van der Waals surface area contributed by atoms with Crippen molar-refractivity contribution in [1.29, 1.82) is 0 Å². The maximum Gasteiger partial charge on any atom is 0.490 e. The summed E-state index contributed by atoms with van der Waals surface area (Å²) in [6.45, 7) is 6.15. The summed E-state index contributed by atoms with van der Waals surface area (Å²) in [5.74, 6) is -1.36. The molecule has 0 radical (unpaired) electrons. The number of nitrogens with zero attached hydrogens (tertiary/aromatic N) is 3. The minimum absolute atomic E-state index is 0.164. The lowest BCUT2D eigenvalue weighted by atomic mass is 9.89. The highest BCUT2D eigenvalue weighted by atomic mass is 19.4. The summed E-state index contributed by atoms with van der Waals surface area (Å²) >= 11 is 0. The third kappa shape index (κ3) is 3.94. The Morgan fingerprint density at radius 1 is 1.26 bits per heavy atom. The summed E-state index contributed by atoms with van der Waals surface area (Å²) in [5, 5.41) is 11.2. The van der Waals surface area contributed by atoms with Gasteiger partial charge in [0.2, 0.25) is 0 Å². The molecule has 35 heavy (non-hydrogen) atoms. The Balaban J connectivity index is 0.000000364. The Morgan fingerprint density at radius 2 is 1.97 bits per heavy atom. The number of aliphatic carboxylic acids is 1. The van der Waals surface area contributed by atoms with E-state index in [0.717, 1.165) is 39.3 Å². The van der Waals surface area contributed by atoms with E-state index in [1.54, 1.807) is 6.20 Å². The van der Waals surface area contributed by atoms with Gasteiger partial charge in [0.25, 0.3) is 0 Å². The van der Waals surface area contributed by atoms with Gasteiger partial charge in [0.15, 0.2) is 5.75 Å². The lowest BCUT2D eigenvalue weighted by Crippen LogP contribution is -2.48. The SMILES string of the molecule is CCC1(c2ccccn2)COc2c(-c3c(C)noc3C)ccc3[nH]c(=O)n1c23.O=C(O)C(F)(F)F. The van der Waals surface area contributed by atoms with Gasteiger partial charge >= 0.3 is 17.8 Å². The first-order chi connectivity index (χ1) is 16.5. The fourth-order valence-electron chi connectivity index (χ4n) is 4.31. The number of rotatable bonds is 3. The third-order valence-electron chi connectivity index (χ3n) is 5.95. The molecule has 0 fully saturated rings. The van der Waals surface area contributed by atoms with Crippen LogP contribution in [0.15, 0.2) is 45.8 Å². The summed E-state index contributed by atoms with van der Waals surface area (Å²) < 4.78 is 45.2. The first-order valence-electron chi connectivity index (χ1n) is 10.6. The molecule has 0 amide bonds. The number of imidazole rings is 1. The zero-order valence-electron chi connectivity index (χ0n) is 18.9. The normalized spacial score (nSPS) is 17.0. The number of aryl methyl sites for hydroxylation is 2. The zero-order chi connectivity index (χ0) is 25.5. The molecule has 5 rings (SSSR count). The molecule has 1 atom stereocenters. The number of nitrogens with one attached hydrogen (secondary N) is 1. The van der Waals surface area contributed by atoms with Gasteiger partial charge in [0, 0.05) is 11.8 Å². The van der Waals surface area contributed by atoms with Crippen LogP contribution in [0.25, 0.3) is 22.2 Å². The van der Waals surface area contributed by atoms with Crippen LogP contribution in [0.5, 0.6) is 5.75 Å². The molecule has 0 spiro atoms. The number of benzene rings is 1. The van der Waals surface area contributed by atoms with Crippen molar-refractivity contribution in [2.24, 2.45) is 0 Å². The van der Waals surface area contributed by atoms with Gasteiger partial charge in [-0.05, 0) is 44.5 Å². The summed E-state index contributed by atoms with van der Waals surface area (Å²) in [4.78, 5) is 29.5. The summed E-state index contributed by atoms with van der Waals surface area (Å²) in [6.07, 6.45) is -2.66. The number of carboxylic acid groups (broad SMARTS) is 1. The van der Waals surface area contributed by atoms with Crippen molar-refractivity contribution in [1.82, 2.24) is 19.7 Å². The van der Waals surface area contributed by atoms with Gasteiger partial charge in [0.05, 0.1) is 22.5 Å². The second kappa shape index (κ2) is 8.60. The van der Waals surface area contributed by atoms with E-state index in [0.29, 0.717) is 18.8 Å². The average molecular weight is 490 g/mol. The van der Waals surface area contributed by atoms with E-state index in [1.807, 2.05) is 55.7 Å². The smallest absolute Gasteiger partial charge is 0.488 e. The minimum atomic E-state index is -5.08. The third-order valence-corrected chi connectivity index (χ3v) is 5.95. The van der Waals surface area contributed by atoms with Crippen molar-refractivity contribution >= 4 is 17.0 Å². The van der Waals surface area contributed by atoms with Gasteiger partial charge in [-0.2, -0.15) is 13.2 Å². The van der Waals surface area contributed by atoms with Crippen LogP contribution in [0.2, 0.25) is 0 Å². The monoisotopic (exact) mass is 490 g/mol. The van der Waals surface area contributed by atoms with Gasteiger partial charge < -0.3 is 19.4 Å². The quantitative estimate of drug-likeness (QED) is 0.442. The van der Waals surface area contributed by atoms with E-state index < -0.39 is 17.7 Å². The number of halogens is 3. The number of ether oxygens (including phenoxy) is 1. The number of aromatic amines is 1. The summed E-state index contributed by atoms with van der Waals surface area (Å²) in [7, 11) is 0. The number of hydrogen-bond acceptors (Lipinski definition) is 6. The van der Waals surface area contributed by atoms with Crippen LogP contribution in [0.1, 0.15) is 30.5 Å². The zero-order valence-corrected chi connectivity index (χ0v) is 18.9. The van der Waals surface area contributed by atoms with Crippen molar-refractivity contribution < 1.29 is 32.3 Å². The molecular weight excluding hydrogens is 469 g/mol. The molecule has 0 aliphatic carbocycles. The minimum Gasteiger partial charge on any atom is -0.488 e. The molecule has 4 aromatic rings. The molecule has 0 bridgehead atoms. The van der Waals surface area contributed by atoms with Crippen LogP contribution in [-0.4, -0.2) is 43.6 Å². The summed E-state index contributed by atoms with van der Waals surface area (Å²) in [5.41, 5.74) is 4.04. The Labute approximate surface area is 196 Å². The van der Waals surface area contributed by atoms with E-state index in [2.05, 4.69) is 15.1 Å². The number of hydrogen-bond donors (Lipinski definition) is 2. The van der Waals surface area contributed by atoms with Crippen LogP contribution >= 0.6 is 0 Å². The average Bonchev–Trinajstić information content (AvgIpc) is 3.34. The van der Waals surface area contributed by atoms with Crippen LogP contribution < -0.4 is 10.4 Å². The molecule has 12 heteroatoms. The maximum absolute atomic E-state index is 13.0. The van der Waals surface area contributed by atoms with E-state index in [1.165, 1.54) is 0 Å². The van der Waals surface area contributed by atoms with Crippen molar-refractivity contribution in [2.45, 2.75) is 38.9 Å². The highest BCUT2D eigenvalue weighted by Gasteiger charge is 2.42. The van der Waals surface area contributed by atoms with Crippen molar-refractivity contribution in [3.8, 4) is 16.9 Å². The number of carboxylic acids is 1. The Hall–Kier alpha value is -4.09. The topological polar surface area (TPSA) is 123 Å². The molecule has 1 aromatic carbocycles. The van der Waals surface area contributed by atoms with E-state index >= 15 is 0 Å². The first kappa shape index (κ1) is 24.0. The molecule has 1 unspecified atom stereocenters. The predicted molar refractivity (Wildman–Crippen MR) is 118 cm³/mol. The number of H-pyrrole nitrogens is 1. The number of carbonyl (C=O) groups is 1. The van der Waals surface area contributed by atoms with Gasteiger partial charge in [0.1, 0.15) is 23.4 Å². The van der Waals surface area contributed by atoms with Gasteiger partial charge in [-0.25, -0.2) is 9.59 Å². The number of pyridine rings is 1. The van der Waals surface area contributed by atoms with Crippen molar-refractivity contribution in [3.63, 3.8) is 0 Å². The predicted octanol–water partition coefficient (Wildman–Crippen LogP) is 4.18. The molecule has 0 saturated heterocycles. The van der Waals surface area contributed by atoms with Crippen molar-refractivity contribution in [2.75, 3.05) is 6.61 Å². The molecule has 1 aliphatic heterocycles. The Kier molecular flexibility index (Phi) is 5.91. The first-order valence-corrected chi connectivity index (χ1v) is 10.6. The molecule has 1 aliphatic rings. The maximum atomic E-state index is 13.0. The molecule has 0 saturated carbocycles. The lowest BCUT2D eigenvalue weighted by Gasteiger charge is -2.37. The standard InChI is InChI=1S/C21H20N4O3.C2HF3O2/c1-4-21(16-7-5-6-10-22-16)11-27-19-14(17-12(2)24-28-13(17)3)8-9-15-18(19)25(21)20(26)23-15;3-2(4,5)1(6)7/h5-10H,4,11H2,1-3H3,(H,23,26);(H,6,7). The molecular formula is C23H21F3N4O5. The second-order valence-corrected chi connectivity index (χ2v) is 7.99. The van der Waals surface area contributed by atoms with Crippen LogP contribution in [0.3, 0.4) is 0 Å². The van der Waals surface area contributed by atoms with Gasteiger partial charge in [-0.3, -0.25) is 9.55 Å². The van der Waals surface area contributed by atoms with Crippen LogP contribution in [0, 0.1) is 13.8 Å². The molecule has 2 N–H and O–H groups in total. The fourth-order valence-corrected chi connectivity index (χ4v) is 4.31. The highest BCUT2D eigenvalue weighted by Crippen LogP contribution is 2.45. The molecule has 9 nitrogen and oxygen atoms in total. The number of aromatic nitrogens is 4. The largest absolute Gasteiger partial charge is 0.490 e. The van der Waals surface area contributed by atoms with E-state index in [-0.39, 0.29) is 5.69 Å². The van der Waals surface area contributed by atoms with Gasteiger partial charge in [-0.15, -0.1) is 0 Å². The molecule has 4 heterocycles. The lowest BCUT2D eigenvalue weighted by molar-refractivity contribution is -0.192.